The number of nitrogens with zero attached hydrogens (tertiary/aromatic N) is 2. The summed E-state index contributed by atoms with van der Waals surface area (Å²) in [6.07, 6.45) is 0. The molecule has 0 unspecified atom stereocenters. The average Bonchev–Trinajstić information content (AvgIpc) is 2.80. The van der Waals surface area contributed by atoms with Gasteiger partial charge in [-0.3, -0.25) is 0 Å². The first kappa shape index (κ1) is 11.0. The molecule has 0 fully saturated rings. The van der Waals surface area contributed by atoms with E-state index in [2.05, 4.69) is 9.97 Å². The number of thiophene rings is 1. The zero-order chi connectivity index (χ0) is 12.5. The van der Waals surface area contributed by atoms with Crippen LogP contribution in [0.1, 0.15) is 5.56 Å². The van der Waals surface area contributed by atoms with Crippen molar-refractivity contribution in [3.8, 4) is 11.6 Å². The summed E-state index contributed by atoms with van der Waals surface area (Å²) in [6.45, 7) is 2.03. The van der Waals surface area contributed by atoms with Gasteiger partial charge < -0.3 is 10.5 Å². The highest BCUT2D eigenvalue weighted by atomic mass is 32.1. The van der Waals surface area contributed by atoms with E-state index in [1.54, 1.807) is 0 Å². The minimum absolute atomic E-state index is 0.229. The van der Waals surface area contributed by atoms with Crippen molar-refractivity contribution in [2.24, 2.45) is 0 Å². The average molecular weight is 257 g/mol. The third kappa shape index (κ3) is 2.00. The van der Waals surface area contributed by atoms with Gasteiger partial charge in [-0.05, 0) is 30.5 Å². The maximum Gasteiger partial charge on any atom is 0.232 e. The molecule has 2 aromatic heterocycles. The molecule has 0 saturated carbocycles. The number of nitrogens with two attached hydrogens (primary N) is 1. The molecule has 0 radical (unpaired) electrons. The number of fused-ring (bicyclic) bond motifs is 1. The molecule has 3 rings (SSSR count). The number of rotatable bonds is 2. The number of ether oxygens (including phenoxy) is 1. The molecule has 5 heteroatoms. The Balaban J connectivity index is 2.03. The second-order valence-electron chi connectivity index (χ2n) is 3.94. The van der Waals surface area contributed by atoms with Crippen molar-refractivity contribution in [2.75, 3.05) is 5.73 Å². The van der Waals surface area contributed by atoms with Crippen molar-refractivity contribution in [3.63, 3.8) is 0 Å². The molecule has 4 nitrogen and oxygen atoms in total. The number of anilines is 1. The van der Waals surface area contributed by atoms with E-state index < -0.39 is 0 Å². The van der Waals surface area contributed by atoms with Crippen LogP contribution in [0.2, 0.25) is 0 Å². The predicted molar refractivity (Wildman–Crippen MR) is 73.1 cm³/mol. The fourth-order valence-electron chi connectivity index (χ4n) is 1.64. The lowest BCUT2D eigenvalue weighted by Crippen LogP contribution is -1.97. The molecule has 0 aliphatic heterocycles. The van der Waals surface area contributed by atoms with Crippen LogP contribution >= 0.6 is 11.3 Å². The predicted octanol–water partition coefficient (Wildman–Crippen LogP) is 3.37. The SMILES string of the molecule is Cc1ccc(Oc2nc(N)nc3sccc23)cc1. The fraction of sp³-hybridized carbons (Fsp3) is 0.0769. The molecule has 0 aliphatic carbocycles. The van der Waals surface area contributed by atoms with Crippen LogP contribution in [0.3, 0.4) is 0 Å². The lowest BCUT2D eigenvalue weighted by Gasteiger charge is -2.06. The third-order valence-electron chi connectivity index (χ3n) is 2.54. The maximum absolute atomic E-state index is 5.76. The Bertz CT molecular complexity index is 691. The van der Waals surface area contributed by atoms with Gasteiger partial charge in [-0.15, -0.1) is 11.3 Å². The van der Waals surface area contributed by atoms with E-state index in [1.807, 2.05) is 42.6 Å². The van der Waals surface area contributed by atoms with Crippen LogP contribution in [0.25, 0.3) is 10.2 Å². The van der Waals surface area contributed by atoms with Gasteiger partial charge in [-0.25, -0.2) is 4.98 Å². The van der Waals surface area contributed by atoms with E-state index in [-0.39, 0.29) is 5.95 Å². The number of aromatic nitrogens is 2. The van der Waals surface area contributed by atoms with Gasteiger partial charge in [-0.2, -0.15) is 4.98 Å². The van der Waals surface area contributed by atoms with Gasteiger partial charge in [0.2, 0.25) is 11.8 Å². The van der Waals surface area contributed by atoms with E-state index in [9.17, 15) is 0 Å². The largest absolute Gasteiger partial charge is 0.438 e. The highest BCUT2D eigenvalue weighted by Crippen LogP contribution is 2.30. The van der Waals surface area contributed by atoms with Crippen LogP contribution in [-0.4, -0.2) is 9.97 Å². The van der Waals surface area contributed by atoms with E-state index in [0.717, 1.165) is 16.0 Å². The summed E-state index contributed by atoms with van der Waals surface area (Å²) >= 11 is 1.52. The Labute approximate surface area is 108 Å². The molecule has 0 bridgehead atoms. The Morgan fingerprint density at radius 2 is 1.89 bits per heavy atom. The molecule has 1 aromatic carbocycles. The van der Waals surface area contributed by atoms with Crippen LogP contribution in [-0.2, 0) is 0 Å². The first-order valence-electron chi connectivity index (χ1n) is 5.47. The van der Waals surface area contributed by atoms with E-state index in [1.165, 1.54) is 16.9 Å². The number of hydrogen-bond acceptors (Lipinski definition) is 5. The first-order valence-corrected chi connectivity index (χ1v) is 6.35. The Hall–Kier alpha value is -2.14. The monoisotopic (exact) mass is 257 g/mol. The molecule has 0 aliphatic rings. The van der Waals surface area contributed by atoms with Crippen LogP contribution in [0.15, 0.2) is 35.7 Å². The second kappa shape index (κ2) is 4.27. The molecule has 0 saturated heterocycles. The first-order chi connectivity index (χ1) is 8.72. The Kier molecular flexibility index (Phi) is 2.60. The Morgan fingerprint density at radius 1 is 1.11 bits per heavy atom. The molecule has 0 amide bonds. The minimum atomic E-state index is 0.229. The van der Waals surface area contributed by atoms with Gasteiger partial charge in [0.25, 0.3) is 0 Å². The summed E-state index contributed by atoms with van der Waals surface area (Å²) in [6, 6.07) is 9.73. The van der Waals surface area contributed by atoms with Gasteiger partial charge in [0.15, 0.2) is 0 Å². The highest BCUT2D eigenvalue weighted by Gasteiger charge is 2.09. The van der Waals surface area contributed by atoms with Crippen molar-refractivity contribution in [1.29, 1.82) is 0 Å². The van der Waals surface area contributed by atoms with Gasteiger partial charge in [0.1, 0.15) is 10.6 Å². The van der Waals surface area contributed by atoms with Gasteiger partial charge in [-0.1, -0.05) is 17.7 Å². The number of nitrogen functional groups attached to an aromatic ring is 1. The van der Waals surface area contributed by atoms with E-state index >= 15 is 0 Å². The zero-order valence-corrected chi connectivity index (χ0v) is 10.6. The van der Waals surface area contributed by atoms with Gasteiger partial charge >= 0.3 is 0 Å². The maximum atomic E-state index is 5.76. The molecule has 90 valence electrons. The molecule has 3 aromatic rings. The summed E-state index contributed by atoms with van der Waals surface area (Å²) in [5, 5.41) is 2.83. The zero-order valence-electron chi connectivity index (χ0n) is 9.75. The third-order valence-corrected chi connectivity index (χ3v) is 3.35. The van der Waals surface area contributed by atoms with Crippen LogP contribution in [0.4, 0.5) is 5.95 Å². The topological polar surface area (TPSA) is 61.0 Å². The molecular weight excluding hydrogens is 246 g/mol. The molecule has 18 heavy (non-hydrogen) atoms. The van der Waals surface area contributed by atoms with Crippen molar-refractivity contribution in [3.05, 3.63) is 41.3 Å². The second-order valence-corrected chi connectivity index (χ2v) is 4.84. The normalized spacial score (nSPS) is 10.7. The lowest BCUT2D eigenvalue weighted by molar-refractivity contribution is 0.469. The van der Waals surface area contributed by atoms with Crippen LogP contribution < -0.4 is 10.5 Å². The van der Waals surface area contributed by atoms with Gasteiger partial charge in [0, 0.05) is 0 Å². The van der Waals surface area contributed by atoms with Crippen molar-refractivity contribution >= 4 is 27.5 Å². The molecule has 2 N–H and O–H groups in total. The number of hydrogen-bond donors (Lipinski definition) is 1. The van der Waals surface area contributed by atoms with Crippen molar-refractivity contribution < 1.29 is 4.74 Å². The fourth-order valence-corrected chi connectivity index (χ4v) is 2.40. The molecule has 2 heterocycles. The van der Waals surface area contributed by atoms with Crippen molar-refractivity contribution in [2.45, 2.75) is 6.92 Å². The van der Waals surface area contributed by atoms with Gasteiger partial charge in [0.05, 0.1) is 5.39 Å². The molecule has 0 atom stereocenters. The van der Waals surface area contributed by atoms with E-state index in [0.29, 0.717) is 5.88 Å². The smallest absolute Gasteiger partial charge is 0.232 e. The summed E-state index contributed by atoms with van der Waals surface area (Å²) < 4.78 is 5.76. The molecular formula is C13H11N3OS. The van der Waals surface area contributed by atoms with E-state index in [4.69, 9.17) is 10.5 Å². The molecule has 0 spiro atoms. The number of aryl methyl sites for hydroxylation is 1. The quantitative estimate of drug-likeness (QED) is 0.764. The van der Waals surface area contributed by atoms with Crippen LogP contribution in [0, 0.1) is 6.92 Å². The summed E-state index contributed by atoms with van der Waals surface area (Å²) in [5.41, 5.74) is 6.85. The van der Waals surface area contributed by atoms with Crippen molar-refractivity contribution in [1.82, 2.24) is 9.97 Å². The summed E-state index contributed by atoms with van der Waals surface area (Å²) in [5.74, 6) is 1.47. The standard InChI is InChI=1S/C13H11N3OS/c1-8-2-4-9(5-3-8)17-11-10-6-7-18-12(10)16-13(14)15-11/h2-7H,1H3,(H2,14,15,16). The summed E-state index contributed by atoms with van der Waals surface area (Å²) in [4.78, 5) is 9.14. The summed E-state index contributed by atoms with van der Waals surface area (Å²) in [7, 11) is 0. The highest BCUT2D eigenvalue weighted by molar-refractivity contribution is 7.16. The lowest BCUT2D eigenvalue weighted by atomic mass is 10.2. The van der Waals surface area contributed by atoms with Crippen LogP contribution in [0.5, 0.6) is 11.6 Å². The minimum Gasteiger partial charge on any atom is -0.438 e. The Morgan fingerprint density at radius 3 is 2.67 bits per heavy atom. The number of benzene rings is 1.